The van der Waals surface area contributed by atoms with Crippen LogP contribution < -0.4 is 16.0 Å². The van der Waals surface area contributed by atoms with Crippen LogP contribution in [0.15, 0.2) is 59.4 Å². The lowest BCUT2D eigenvalue weighted by Crippen LogP contribution is -2.42. The molecule has 1 aliphatic rings. The monoisotopic (exact) mass is 702 g/mol. The number of benzene rings is 2. The van der Waals surface area contributed by atoms with Crippen molar-refractivity contribution in [3.8, 4) is 11.3 Å². The first-order valence-electron chi connectivity index (χ1n) is 14.9. The lowest BCUT2D eigenvalue weighted by atomic mass is 10.1. The molecule has 4 rings (SSSR count). The molecule has 0 saturated heterocycles. The molecule has 2 unspecified atom stereocenters. The van der Waals surface area contributed by atoms with Crippen molar-refractivity contribution in [1.82, 2.24) is 10.3 Å². The predicted molar refractivity (Wildman–Crippen MR) is 170 cm³/mol. The Bertz CT molecular complexity index is 1730. The normalized spacial score (nSPS) is 15.3. The maximum atomic E-state index is 13.4. The fraction of sp³-hybridized carbons (Fsp3) is 0.312. The second-order valence-corrected chi connectivity index (χ2v) is 11.8. The van der Waals surface area contributed by atoms with E-state index in [-0.39, 0.29) is 35.9 Å². The molecule has 1 aromatic heterocycles. The Balaban J connectivity index is 1.14. The van der Waals surface area contributed by atoms with E-state index >= 15 is 0 Å². The van der Waals surface area contributed by atoms with Gasteiger partial charge in [0.2, 0.25) is 23.5 Å². The molecule has 0 aliphatic carbocycles. The van der Waals surface area contributed by atoms with Crippen molar-refractivity contribution in [1.29, 1.82) is 0 Å². The van der Waals surface area contributed by atoms with Crippen LogP contribution in [0.1, 0.15) is 38.2 Å². The number of carbonyl (C=O) groups excluding carboxylic acids is 5. The van der Waals surface area contributed by atoms with Crippen molar-refractivity contribution in [3.05, 3.63) is 76.6 Å². The third-order valence-electron chi connectivity index (χ3n) is 7.00. The van der Waals surface area contributed by atoms with Crippen molar-refractivity contribution in [2.24, 2.45) is 0 Å². The first kappa shape index (κ1) is 36.4. The number of ether oxygens (including phenoxy) is 2. The smallest absolute Gasteiger partial charge is 0.377 e. The molecule has 260 valence electrons. The van der Waals surface area contributed by atoms with Crippen LogP contribution in [0.3, 0.4) is 0 Å². The number of anilines is 2. The van der Waals surface area contributed by atoms with E-state index in [1.807, 2.05) is 0 Å². The highest BCUT2D eigenvalue weighted by Crippen LogP contribution is 2.26. The number of aliphatic hydroxyl groups is 3. The van der Waals surface area contributed by atoms with Crippen molar-refractivity contribution < 1.29 is 57.5 Å². The molecule has 0 spiro atoms. The van der Waals surface area contributed by atoms with E-state index < -0.39 is 71.8 Å². The van der Waals surface area contributed by atoms with Crippen LogP contribution in [0.5, 0.6) is 0 Å². The number of amides is 3. The maximum Gasteiger partial charge on any atom is 0.377 e. The lowest BCUT2D eigenvalue weighted by molar-refractivity contribution is -0.154. The van der Waals surface area contributed by atoms with Crippen LogP contribution in [0.4, 0.5) is 19.6 Å². The first-order valence-corrected chi connectivity index (χ1v) is 15.7. The number of esters is 2. The van der Waals surface area contributed by atoms with Gasteiger partial charge < -0.3 is 40.7 Å². The van der Waals surface area contributed by atoms with Gasteiger partial charge in [-0.1, -0.05) is 12.1 Å². The first-order chi connectivity index (χ1) is 23.3. The fourth-order valence-electron chi connectivity index (χ4n) is 4.50. The SMILES string of the molecule is C[C@H](NC(=O)Cc1cc(F)cc(F)c1)C(=O)Nc1nc(-c2ccc(NC(=O)CCCCC(=O)OCC(O)C3OC(=O)C(O)=C3O)cc2)cs1. The average Bonchev–Trinajstić information content (AvgIpc) is 3.61. The molecular weight excluding hydrogens is 670 g/mol. The lowest BCUT2D eigenvalue weighted by Gasteiger charge is -2.17. The molecule has 1 aliphatic heterocycles. The van der Waals surface area contributed by atoms with Crippen LogP contribution in [0.25, 0.3) is 11.3 Å². The highest BCUT2D eigenvalue weighted by molar-refractivity contribution is 7.14. The zero-order valence-electron chi connectivity index (χ0n) is 25.9. The molecule has 0 fully saturated rings. The van der Waals surface area contributed by atoms with Crippen LogP contribution in [0, 0.1) is 11.6 Å². The average molecular weight is 703 g/mol. The van der Waals surface area contributed by atoms with Gasteiger partial charge in [0, 0.05) is 35.5 Å². The quantitative estimate of drug-likeness (QED) is 0.0997. The number of aromatic nitrogens is 1. The summed E-state index contributed by atoms with van der Waals surface area (Å²) in [6.45, 7) is 0.882. The molecule has 3 amide bonds. The Hall–Kier alpha value is -5.42. The summed E-state index contributed by atoms with van der Waals surface area (Å²) in [4.78, 5) is 64.7. The van der Waals surface area contributed by atoms with Gasteiger partial charge in [-0.05, 0) is 49.6 Å². The Morgan fingerprint density at radius 1 is 1.00 bits per heavy atom. The standard InChI is InChI=1S/C32H32F2N4O10S/c1-16(35-25(41)12-17-10-19(33)13-20(34)11-17)30(45)38-32-37-22(15-49-32)18-6-8-21(9-7-18)36-24(40)4-2-3-5-26(42)47-14-23(39)29-27(43)28(44)31(46)48-29/h6-11,13,15-16,23,29,39,43-44H,2-5,12,14H2,1H3,(H,35,41)(H,36,40)(H,37,38,45)/t16-,23?,29?/m0/s1. The van der Waals surface area contributed by atoms with Crippen molar-refractivity contribution >= 4 is 51.8 Å². The Labute approximate surface area is 281 Å². The predicted octanol–water partition coefficient (Wildman–Crippen LogP) is 3.43. The van der Waals surface area contributed by atoms with Gasteiger partial charge in [-0.15, -0.1) is 11.3 Å². The number of rotatable bonds is 15. The molecule has 14 nitrogen and oxygen atoms in total. The molecule has 6 N–H and O–H groups in total. The molecule has 17 heteroatoms. The van der Waals surface area contributed by atoms with E-state index in [9.17, 15) is 48.1 Å². The zero-order chi connectivity index (χ0) is 35.7. The summed E-state index contributed by atoms with van der Waals surface area (Å²) >= 11 is 1.16. The number of cyclic esters (lactones) is 1. The fourth-order valence-corrected chi connectivity index (χ4v) is 5.22. The molecule has 0 bridgehead atoms. The van der Waals surface area contributed by atoms with Gasteiger partial charge in [0.25, 0.3) is 0 Å². The van der Waals surface area contributed by atoms with Crippen LogP contribution >= 0.6 is 11.3 Å². The van der Waals surface area contributed by atoms with E-state index in [4.69, 9.17) is 4.74 Å². The van der Waals surface area contributed by atoms with Gasteiger partial charge in [0.1, 0.15) is 30.4 Å². The van der Waals surface area contributed by atoms with Crippen LogP contribution in [-0.4, -0.2) is 74.8 Å². The summed E-state index contributed by atoms with van der Waals surface area (Å²) in [6, 6.07) is 8.61. The minimum atomic E-state index is -1.57. The molecule has 0 saturated carbocycles. The summed E-state index contributed by atoms with van der Waals surface area (Å²) in [6.07, 6.45) is -2.66. The van der Waals surface area contributed by atoms with Crippen LogP contribution in [-0.2, 0) is 39.9 Å². The zero-order valence-corrected chi connectivity index (χ0v) is 26.7. The van der Waals surface area contributed by atoms with Crippen molar-refractivity contribution in [2.45, 2.75) is 57.3 Å². The number of halogens is 2. The summed E-state index contributed by atoms with van der Waals surface area (Å²) in [5.74, 6) is -6.76. The second-order valence-electron chi connectivity index (χ2n) is 10.9. The van der Waals surface area contributed by atoms with Gasteiger partial charge in [-0.25, -0.2) is 18.6 Å². The number of thiazole rings is 1. The van der Waals surface area contributed by atoms with Gasteiger partial charge in [-0.2, -0.15) is 0 Å². The molecule has 49 heavy (non-hydrogen) atoms. The molecule has 2 aromatic carbocycles. The molecule has 3 aromatic rings. The molecular formula is C32H32F2N4O10S. The maximum absolute atomic E-state index is 13.4. The van der Waals surface area contributed by atoms with E-state index in [1.54, 1.807) is 29.6 Å². The number of nitrogens with one attached hydrogen (secondary N) is 3. The number of hydrogen-bond donors (Lipinski definition) is 6. The second kappa shape index (κ2) is 16.6. The van der Waals surface area contributed by atoms with Gasteiger partial charge in [0.15, 0.2) is 17.0 Å². The minimum absolute atomic E-state index is 0.0469. The van der Waals surface area contributed by atoms with E-state index in [2.05, 4.69) is 25.7 Å². The Morgan fingerprint density at radius 3 is 2.33 bits per heavy atom. The number of unbranched alkanes of at least 4 members (excludes halogenated alkanes) is 1. The summed E-state index contributed by atoms with van der Waals surface area (Å²) in [5.41, 5.74) is 1.91. The number of carbonyl (C=O) groups is 5. The van der Waals surface area contributed by atoms with Gasteiger partial charge in [-0.3, -0.25) is 19.2 Å². The minimum Gasteiger partial charge on any atom is -0.505 e. The van der Waals surface area contributed by atoms with E-state index in [1.165, 1.54) is 6.92 Å². The summed E-state index contributed by atoms with van der Waals surface area (Å²) in [5, 5.41) is 38.6. The third kappa shape index (κ3) is 10.5. The Morgan fingerprint density at radius 2 is 1.67 bits per heavy atom. The Kier molecular flexibility index (Phi) is 12.3. The third-order valence-corrected chi connectivity index (χ3v) is 7.75. The molecule has 3 atom stereocenters. The van der Waals surface area contributed by atoms with Crippen LogP contribution in [0.2, 0.25) is 0 Å². The molecule has 0 radical (unpaired) electrons. The summed E-state index contributed by atoms with van der Waals surface area (Å²) < 4.78 is 36.2. The highest BCUT2D eigenvalue weighted by atomic mass is 32.1. The molecule has 2 heterocycles. The number of nitrogens with zero attached hydrogens (tertiary/aromatic N) is 1. The summed E-state index contributed by atoms with van der Waals surface area (Å²) in [7, 11) is 0. The van der Waals surface area contributed by atoms with Gasteiger partial charge in [0.05, 0.1) is 12.1 Å². The topological polar surface area (TPSA) is 213 Å². The van der Waals surface area contributed by atoms with Gasteiger partial charge >= 0.3 is 11.9 Å². The highest BCUT2D eigenvalue weighted by Gasteiger charge is 2.39. The number of hydrogen-bond acceptors (Lipinski definition) is 12. The largest absolute Gasteiger partial charge is 0.505 e. The van der Waals surface area contributed by atoms with Crippen molar-refractivity contribution in [2.75, 3.05) is 17.2 Å². The number of aliphatic hydroxyl groups excluding tert-OH is 3. The van der Waals surface area contributed by atoms with Crippen molar-refractivity contribution in [3.63, 3.8) is 0 Å². The van der Waals surface area contributed by atoms with E-state index in [0.717, 1.165) is 23.5 Å². The van der Waals surface area contributed by atoms with E-state index in [0.29, 0.717) is 35.9 Å².